The largest absolute Gasteiger partial charge is 0.461 e. The number of rotatable bonds is 9. The molecule has 1 heterocycles. The van der Waals surface area contributed by atoms with Crippen molar-refractivity contribution in [2.24, 2.45) is 0 Å². The van der Waals surface area contributed by atoms with Crippen molar-refractivity contribution in [2.75, 3.05) is 39.3 Å². The Morgan fingerprint density at radius 2 is 1.74 bits per heavy atom. The molecule has 0 saturated carbocycles. The molecule has 0 bridgehead atoms. The van der Waals surface area contributed by atoms with Crippen LogP contribution in [0.1, 0.15) is 18.9 Å². The zero-order valence-electron chi connectivity index (χ0n) is 17.9. The first-order valence-corrected chi connectivity index (χ1v) is 9.45. The fourth-order valence-electron chi connectivity index (χ4n) is 2.87. The van der Waals surface area contributed by atoms with E-state index in [2.05, 4.69) is 0 Å². The van der Waals surface area contributed by atoms with Crippen LogP contribution in [0.25, 0.3) is 11.0 Å². The molecule has 0 spiro atoms. The number of carbonyl (C=O) groups is 4. The number of hydrogen-bond donors (Lipinski definition) is 0. The second kappa shape index (κ2) is 10.4. The monoisotopic (exact) mass is 431 g/mol. The quantitative estimate of drug-likeness (QED) is 0.188. The topological polar surface area (TPSA) is 117 Å². The van der Waals surface area contributed by atoms with Gasteiger partial charge in [-0.3, -0.25) is 14.4 Å². The molecule has 10 heteroatoms. The van der Waals surface area contributed by atoms with Crippen LogP contribution in [-0.2, 0) is 30.5 Å². The van der Waals surface area contributed by atoms with Crippen molar-refractivity contribution in [3.63, 3.8) is 0 Å². The van der Waals surface area contributed by atoms with Gasteiger partial charge in [-0.2, -0.15) is 0 Å². The molecule has 0 N–H and O–H groups in total. The average Bonchev–Trinajstić information content (AvgIpc) is 2.71. The van der Waals surface area contributed by atoms with E-state index >= 15 is 0 Å². The summed E-state index contributed by atoms with van der Waals surface area (Å²) in [4.78, 5) is 61.9. The number of ether oxygens (including phenoxy) is 1. The minimum atomic E-state index is -0.576. The number of carbonyl (C=O) groups excluding carboxylic acids is 4. The van der Waals surface area contributed by atoms with E-state index in [0.29, 0.717) is 28.5 Å². The van der Waals surface area contributed by atoms with Crippen LogP contribution in [-0.4, -0.2) is 68.2 Å². The number of esters is 1. The zero-order valence-corrected chi connectivity index (χ0v) is 17.9. The Morgan fingerprint density at radius 3 is 2.39 bits per heavy atom. The summed E-state index contributed by atoms with van der Waals surface area (Å²) in [6, 6.07) is 6.38. The van der Waals surface area contributed by atoms with Gasteiger partial charge in [0.05, 0.1) is 19.6 Å². The third kappa shape index (κ3) is 6.39. The van der Waals surface area contributed by atoms with E-state index in [1.54, 1.807) is 37.2 Å². The molecule has 31 heavy (non-hydrogen) atoms. The fourth-order valence-corrected chi connectivity index (χ4v) is 2.87. The number of nitrogens with zero attached hydrogens (tertiary/aromatic N) is 3. The maximum Gasteiger partial charge on any atom is 0.336 e. The van der Waals surface area contributed by atoms with Crippen LogP contribution in [0, 0.1) is 0 Å². The Labute approximate surface area is 178 Å². The second-order valence-electron chi connectivity index (χ2n) is 7.10. The van der Waals surface area contributed by atoms with Crippen molar-refractivity contribution in [1.29, 1.82) is 0 Å². The van der Waals surface area contributed by atoms with Gasteiger partial charge < -0.3 is 28.6 Å². The van der Waals surface area contributed by atoms with Gasteiger partial charge in [0.2, 0.25) is 11.8 Å². The molecule has 1 aromatic carbocycles. The molecular formula is C21H25N3O7. The van der Waals surface area contributed by atoms with Crippen LogP contribution in [0.3, 0.4) is 0 Å². The van der Waals surface area contributed by atoms with Gasteiger partial charge in [0.15, 0.2) is 0 Å². The van der Waals surface area contributed by atoms with Crippen LogP contribution in [0.15, 0.2) is 33.5 Å². The maximum absolute atomic E-state index is 12.5. The molecule has 10 nitrogen and oxygen atoms in total. The Kier molecular flexibility index (Phi) is 7.89. The first-order valence-electron chi connectivity index (χ1n) is 9.45. The highest BCUT2D eigenvalue weighted by molar-refractivity contribution is 5.88. The van der Waals surface area contributed by atoms with Gasteiger partial charge in [-0.1, -0.05) is 0 Å². The molecule has 0 radical (unpaired) electrons. The van der Waals surface area contributed by atoms with Gasteiger partial charge in [-0.25, -0.2) is 4.79 Å². The lowest BCUT2D eigenvalue weighted by molar-refractivity contribution is -0.142. The predicted molar refractivity (Wildman–Crippen MR) is 112 cm³/mol. The number of benzene rings is 1. The van der Waals surface area contributed by atoms with Crippen molar-refractivity contribution in [3.8, 4) is 0 Å². The van der Waals surface area contributed by atoms with Gasteiger partial charge in [-0.15, -0.1) is 0 Å². The molecule has 166 valence electrons. The third-order valence-corrected chi connectivity index (χ3v) is 4.59. The van der Waals surface area contributed by atoms with Gasteiger partial charge >= 0.3 is 11.6 Å². The van der Waals surface area contributed by atoms with Gasteiger partial charge in [0, 0.05) is 56.8 Å². The molecule has 0 fully saturated rings. The minimum absolute atomic E-state index is 0.00902. The lowest BCUT2D eigenvalue weighted by Gasteiger charge is -2.27. The Morgan fingerprint density at radius 1 is 1.06 bits per heavy atom. The highest BCUT2D eigenvalue weighted by Gasteiger charge is 2.17. The first kappa shape index (κ1) is 23.6. The summed E-state index contributed by atoms with van der Waals surface area (Å²) < 4.78 is 10.2. The van der Waals surface area contributed by atoms with E-state index in [9.17, 15) is 24.0 Å². The van der Waals surface area contributed by atoms with Crippen LogP contribution >= 0.6 is 0 Å². The third-order valence-electron chi connectivity index (χ3n) is 4.59. The molecule has 0 saturated heterocycles. The van der Waals surface area contributed by atoms with Crippen molar-refractivity contribution < 1.29 is 28.3 Å². The van der Waals surface area contributed by atoms with Crippen LogP contribution in [0.4, 0.5) is 5.69 Å². The highest BCUT2D eigenvalue weighted by atomic mass is 16.5. The summed E-state index contributed by atoms with van der Waals surface area (Å²) in [7, 11) is 4.77. The maximum atomic E-state index is 12.5. The lowest BCUT2D eigenvalue weighted by atomic mass is 10.1. The highest BCUT2D eigenvalue weighted by Crippen LogP contribution is 2.24. The zero-order chi connectivity index (χ0) is 23.1. The fraction of sp³-hybridized carbons (Fsp3) is 0.381. The predicted octanol–water partition coefficient (Wildman–Crippen LogP) is 0.756. The van der Waals surface area contributed by atoms with Crippen LogP contribution < -0.4 is 10.5 Å². The minimum Gasteiger partial charge on any atom is -0.461 e. The first-order chi connectivity index (χ1) is 14.6. The molecule has 0 aliphatic carbocycles. The second-order valence-corrected chi connectivity index (χ2v) is 7.10. The van der Waals surface area contributed by atoms with E-state index in [1.165, 1.54) is 29.8 Å². The van der Waals surface area contributed by atoms with E-state index in [0.717, 1.165) is 0 Å². The number of likely N-dealkylation sites (N-methyl/N-ethyl adjacent to an activating group) is 2. The average molecular weight is 431 g/mol. The molecular weight excluding hydrogens is 406 g/mol. The van der Waals surface area contributed by atoms with E-state index in [4.69, 9.17) is 9.15 Å². The van der Waals surface area contributed by atoms with E-state index < -0.39 is 11.6 Å². The Bertz CT molecular complexity index is 1050. The molecule has 0 aliphatic heterocycles. The molecule has 2 rings (SSSR count). The Balaban J connectivity index is 2.13. The normalized spacial score (nSPS) is 10.5. The summed E-state index contributed by atoms with van der Waals surface area (Å²) in [5.41, 5.74) is 0.884. The van der Waals surface area contributed by atoms with Crippen molar-refractivity contribution in [1.82, 2.24) is 9.80 Å². The number of anilines is 1. The van der Waals surface area contributed by atoms with Crippen molar-refractivity contribution in [3.05, 3.63) is 40.2 Å². The van der Waals surface area contributed by atoms with Gasteiger partial charge in [-0.05, 0) is 12.1 Å². The lowest BCUT2D eigenvalue weighted by Crippen LogP contribution is -2.43. The van der Waals surface area contributed by atoms with Crippen LogP contribution in [0.2, 0.25) is 0 Å². The van der Waals surface area contributed by atoms with Gasteiger partial charge in [0.1, 0.15) is 18.5 Å². The van der Waals surface area contributed by atoms with Crippen molar-refractivity contribution >= 4 is 40.7 Å². The standard InChI is InChI=1S/C21H25N3O7/c1-14(26)30-12-15-9-21(29)31-18-10-16(5-6-17(15)18)22(2)11-20(28)24(4)13-23(3)19(27)7-8-25/h5-6,8-10H,7,11-13H2,1-4H3. The smallest absolute Gasteiger partial charge is 0.336 e. The van der Waals surface area contributed by atoms with Crippen molar-refractivity contribution in [2.45, 2.75) is 20.0 Å². The molecule has 0 atom stereocenters. The van der Waals surface area contributed by atoms with Gasteiger partial charge in [0.25, 0.3) is 0 Å². The summed E-state index contributed by atoms with van der Waals surface area (Å²) in [6.07, 6.45) is 0.282. The summed E-state index contributed by atoms with van der Waals surface area (Å²) in [5, 5.41) is 0.622. The van der Waals surface area contributed by atoms with Crippen LogP contribution in [0.5, 0.6) is 0 Å². The number of hydrogen-bond acceptors (Lipinski definition) is 8. The molecule has 2 aromatic rings. The summed E-state index contributed by atoms with van der Waals surface area (Å²) >= 11 is 0. The van der Waals surface area contributed by atoms with E-state index in [-0.39, 0.29) is 38.1 Å². The molecule has 0 aliphatic rings. The number of fused-ring (bicyclic) bond motifs is 1. The Hall–Kier alpha value is -3.69. The molecule has 2 amide bonds. The SMILES string of the molecule is CC(=O)OCc1cc(=O)oc2cc(N(C)CC(=O)N(C)CN(C)C(=O)CC=O)ccc12. The number of amides is 2. The summed E-state index contributed by atoms with van der Waals surface area (Å²) in [6.45, 7) is 1.29. The molecule has 0 unspecified atom stereocenters. The van der Waals surface area contributed by atoms with E-state index in [1.807, 2.05) is 0 Å². The number of aldehydes is 1. The molecule has 1 aromatic heterocycles. The summed E-state index contributed by atoms with van der Waals surface area (Å²) in [5.74, 6) is -1.09.